The molecule has 1 aromatic rings. The lowest BCUT2D eigenvalue weighted by molar-refractivity contribution is 0.0631. The van der Waals surface area contributed by atoms with Gasteiger partial charge in [-0.25, -0.2) is 0 Å². The summed E-state index contributed by atoms with van der Waals surface area (Å²) >= 11 is 0. The van der Waals surface area contributed by atoms with Gasteiger partial charge in [-0.3, -0.25) is 19.6 Å². The van der Waals surface area contributed by atoms with E-state index in [-0.39, 0.29) is 5.91 Å². The first-order chi connectivity index (χ1) is 11.2. The van der Waals surface area contributed by atoms with Crippen LogP contribution < -0.4 is 0 Å². The van der Waals surface area contributed by atoms with Crippen molar-refractivity contribution < 1.29 is 4.79 Å². The van der Waals surface area contributed by atoms with Crippen molar-refractivity contribution in [1.82, 2.24) is 19.7 Å². The van der Waals surface area contributed by atoms with Gasteiger partial charge < -0.3 is 4.90 Å². The molecule has 3 rings (SSSR count). The second kappa shape index (κ2) is 7.41. The summed E-state index contributed by atoms with van der Waals surface area (Å²) in [5.74, 6) is 0.0867. The average molecular weight is 316 g/mol. The van der Waals surface area contributed by atoms with Crippen LogP contribution in [0.4, 0.5) is 0 Å². The van der Waals surface area contributed by atoms with Crippen LogP contribution in [0.1, 0.15) is 48.3 Å². The van der Waals surface area contributed by atoms with Crippen LogP contribution in [0.2, 0.25) is 0 Å². The van der Waals surface area contributed by atoms with Gasteiger partial charge in [-0.15, -0.1) is 0 Å². The van der Waals surface area contributed by atoms with Crippen molar-refractivity contribution in [3.63, 3.8) is 0 Å². The number of rotatable bonds is 4. The third kappa shape index (κ3) is 3.72. The number of hydrogen-bond donors (Lipinski definition) is 0. The maximum atomic E-state index is 12.7. The fourth-order valence-electron chi connectivity index (χ4n) is 3.76. The Bertz CT molecular complexity index is 540. The Kier molecular flexibility index (Phi) is 5.28. The molecule has 5 nitrogen and oxygen atoms in total. The number of nitrogens with zero attached hydrogens (tertiary/aromatic N) is 4. The second-order valence-electron chi connectivity index (χ2n) is 6.75. The van der Waals surface area contributed by atoms with E-state index in [1.165, 1.54) is 24.8 Å². The van der Waals surface area contributed by atoms with Gasteiger partial charge >= 0.3 is 0 Å². The zero-order valence-electron chi connectivity index (χ0n) is 14.4. The molecule has 2 fully saturated rings. The standard InChI is InChI=1S/C18H28N4O/c1-3-8-21-10-12-22(13-11-21)18(23)16-14-15(6-7-19-16)17-5-4-9-20(17)2/h6-7,14,17H,3-5,8-13H2,1-2H3/t17-/m1/s1. The minimum absolute atomic E-state index is 0.0867. The van der Waals surface area contributed by atoms with Gasteiger partial charge in [-0.1, -0.05) is 6.92 Å². The van der Waals surface area contributed by atoms with E-state index >= 15 is 0 Å². The molecule has 1 atom stereocenters. The first-order valence-corrected chi connectivity index (χ1v) is 8.87. The highest BCUT2D eigenvalue weighted by Crippen LogP contribution is 2.30. The number of aromatic nitrogens is 1. The van der Waals surface area contributed by atoms with E-state index in [0.29, 0.717) is 11.7 Å². The Labute approximate surface area is 139 Å². The van der Waals surface area contributed by atoms with Crippen molar-refractivity contribution in [3.8, 4) is 0 Å². The Morgan fingerprint density at radius 3 is 2.70 bits per heavy atom. The molecule has 2 saturated heterocycles. The Morgan fingerprint density at radius 1 is 1.26 bits per heavy atom. The van der Waals surface area contributed by atoms with E-state index in [1.807, 2.05) is 11.0 Å². The fourth-order valence-corrected chi connectivity index (χ4v) is 3.76. The summed E-state index contributed by atoms with van der Waals surface area (Å²) in [4.78, 5) is 23.8. The van der Waals surface area contributed by atoms with Gasteiger partial charge in [0.1, 0.15) is 5.69 Å². The molecule has 2 aliphatic rings. The molecule has 0 N–H and O–H groups in total. The summed E-state index contributed by atoms with van der Waals surface area (Å²) in [6.45, 7) is 8.05. The summed E-state index contributed by atoms with van der Waals surface area (Å²) in [5, 5.41) is 0. The van der Waals surface area contributed by atoms with Crippen LogP contribution in [0.5, 0.6) is 0 Å². The lowest BCUT2D eigenvalue weighted by atomic mass is 10.0. The van der Waals surface area contributed by atoms with Gasteiger partial charge in [0.05, 0.1) is 0 Å². The monoisotopic (exact) mass is 316 g/mol. The molecule has 0 saturated carbocycles. The number of carbonyl (C=O) groups excluding carboxylic acids is 1. The largest absolute Gasteiger partial charge is 0.335 e. The molecule has 126 valence electrons. The van der Waals surface area contributed by atoms with Gasteiger partial charge in [-0.2, -0.15) is 0 Å². The van der Waals surface area contributed by atoms with Crippen molar-refractivity contribution in [1.29, 1.82) is 0 Å². The number of carbonyl (C=O) groups is 1. The number of amides is 1. The molecule has 0 bridgehead atoms. The first-order valence-electron chi connectivity index (χ1n) is 8.87. The van der Waals surface area contributed by atoms with Crippen molar-refractivity contribution in [2.75, 3.05) is 46.3 Å². The first kappa shape index (κ1) is 16.4. The maximum Gasteiger partial charge on any atom is 0.272 e. The molecule has 0 unspecified atom stereocenters. The van der Waals surface area contributed by atoms with Crippen molar-refractivity contribution >= 4 is 5.91 Å². The smallest absolute Gasteiger partial charge is 0.272 e. The molecule has 0 radical (unpaired) electrons. The SMILES string of the molecule is CCCN1CCN(C(=O)c2cc([C@H]3CCCN3C)ccn2)CC1. The molecule has 0 aliphatic carbocycles. The third-order valence-electron chi connectivity index (χ3n) is 5.11. The third-order valence-corrected chi connectivity index (χ3v) is 5.11. The predicted octanol–water partition coefficient (Wildman–Crippen LogP) is 2.02. The summed E-state index contributed by atoms with van der Waals surface area (Å²) in [6, 6.07) is 4.50. The van der Waals surface area contributed by atoms with E-state index < -0.39 is 0 Å². The molecule has 3 heterocycles. The summed E-state index contributed by atoms with van der Waals surface area (Å²) in [5.41, 5.74) is 1.83. The number of piperazine rings is 1. The van der Waals surface area contributed by atoms with Crippen molar-refractivity contribution in [2.24, 2.45) is 0 Å². The van der Waals surface area contributed by atoms with E-state index in [2.05, 4.69) is 34.8 Å². The van der Waals surface area contributed by atoms with Gasteiger partial charge in [0.15, 0.2) is 0 Å². The molecule has 1 amide bonds. The number of likely N-dealkylation sites (tertiary alicyclic amines) is 1. The zero-order chi connectivity index (χ0) is 16.2. The fraction of sp³-hybridized carbons (Fsp3) is 0.667. The molecule has 0 spiro atoms. The zero-order valence-corrected chi connectivity index (χ0v) is 14.4. The quantitative estimate of drug-likeness (QED) is 0.852. The average Bonchev–Trinajstić information content (AvgIpc) is 3.01. The van der Waals surface area contributed by atoms with E-state index in [1.54, 1.807) is 6.20 Å². The highest BCUT2D eigenvalue weighted by molar-refractivity contribution is 5.92. The molecule has 23 heavy (non-hydrogen) atoms. The van der Waals surface area contributed by atoms with Gasteiger partial charge in [0, 0.05) is 38.4 Å². The summed E-state index contributed by atoms with van der Waals surface area (Å²) in [7, 11) is 2.16. The number of hydrogen-bond acceptors (Lipinski definition) is 4. The van der Waals surface area contributed by atoms with Crippen LogP contribution in [-0.2, 0) is 0 Å². The molecular formula is C18H28N4O. The van der Waals surface area contributed by atoms with Crippen LogP contribution in [-0.4, -0.2) is 71.9 Å². The maximum absolute atomic E-state index is 12.7. The van der Waals surface area contributed by atoms with E-state index in [4.69, 9.17) is 0 Å². The molecule has 0 aromatic carbocycles. The normalized spacial score (nSPS) is 23.4. The minimum Gasteiger partial charge on any atom is -0.335 e. The predicted molar refractivity (Wildman–Crippen MR) is 91.5 cm³/mol. The van der Waals surface area contributed by atoms with Crippen LogP contribution in [0.3, 0.4) is 0 Å². The Balaban J connectivity index is 1.66. The molecular weight excluding hydrogens is 288 g/mol. The summed E-state index contributed by atoms with van der Waals surface area (Å²) < 4.78 is 0. The molecule has 5 heteroatoms. The van der Waals surface area contributed by atoms with Crippen molar-refractivity contribution in [2.45, 2.75) is 32.2 Å². The van der Waals surface area contributed by atoms with Crippen molar-refractivity contribution in [3.05, 3.63) is 29.6 Å². The molecule has 1 aromatic heterocycles. The van der Waals surface area contributed by atoms with Crippen LogP contribution in [0.15, 0.2) is 18.3 Å². The summed E-state index contributed by atoms with van der Waals surface area (Å²) in [6.07, 6.45) is 5.37. The van der Waals surface area contributed by atoms with Gasteiger partial charge in [0.25, 0.3) is 5.91 Å². The van der Waals surface area contributed by atoms with Crippen LogP contribution in [0.25, 0.3) is 0 Å². The lowest BCUT2D eigenvalue weighted by Gasteiger charge is -2.34. The second-order valence-corrected chi connectivity index (χ2v) is 6.75. The van der Waals surface area contributed by atoms with Gasteiger partial charge in [-0.05, 0) is 57.1 Å². The van der Waals surface area contributed by atoms with E-state index in [0.717, 1.165) is 39.3 Å². The van der Waals surface area contributed by atoms with Crippen LogP contribution >= 0.6 is 0 Å². The van der Waals surface area contributed by atoms with Crippen LogP contribution in [0, 0.1) is 0 Å². The van der Waals surface area contributed by atoms with E-state index in [9.17, 15) is 4.79 Å². The highest BCUT2D eigenvalue weighted by Gasteiger charge is 2.26. The minimum atomic E-state index is 0.0867. The van der Waals surface area contributed by atoms with Gasteiger partial charge in [0.2, 0.25) is 0 Å². The molecule has 2 aliphatic heterocycles. The topological polar surface area (TPSA) is 39.7 Å². The highest BCUT2D eigenvalue weighted by atomic mass is 16.2. The Morgan fingerprint density at radius 2 is 2.04 bits per heavy atom. The Hall–Kier alpha value is -1.46. The lowest BCUT2D eigenvalue weighted by Crippen LogP contribution is -2.48. The number of pyridine rings is 1.